The summed E-state index contributed by atoms with van der Waals surface area (Å²) in [7, 11) is 1.85. The van der Waals surface area contributed by atoms with Crippen molar-refractivity contribution in [1.29, 1.82) is 0 Å². The summed E-state index contributed by atoms with van der Waals surface area (Å²) >= 11 is 5.75. The summed E-state index contributed by atoms with van der Waals surface area (Å²) in [5.41, 5.74) is 7.74. The van der Waals surface area contributed by atoms with Crippen LogP contribution < -0.4 is 5.73 Å². The quantitative estimate of drug-likeness (QED) is 0.838. The van der Waals surface area contributed by atoms with Gasteiger partial charge >= 0.3 is 0 Å². The van der Waals surface area contributed by atoms with E-state index in [1.807, 2.05) is 19.3 Å². The van der Waals surface area contributed by atoms with Crippen LogP contribution in [0.4, 0.5) is 0 Å². The Morgan fingerprint density at radius 2 is 2.20 bits per heavy atom. The monoisotopic (exact) mass is 222 g/mol. The molecule has 78 valence electrons. The number of pyridine rings is 1. The Labute approximate surface area is 92.7 Å². The lowest BCUT2D eigenvalue weighted by Crippen LogP contribution is -2.12. The molecule has 2 N–H and O–H groups in total. The highest BCUT2D eigenvalue weighted by Gasteiger charge is 2.11. The lowest BCUT2D eigenvalue weighted by atomic mass is 10.1. The minimum atomic E-state index is -0.254. The van der Waals surface area contributed by atoms with Gasteiger partial charge in [0, 0.05) is 25.0 Å². The first kappa shape index (κ1) is 10.1. The fraction of sp³-hybridized carbons (Fsp3) is 0.200. The van der Waals surface area contributed by atoms with Crippen LogP contribution in [0.5, 0.6) is 0 Å². The van der Waals surface area contributed by atoms with Crippen molar-refractivity contribution in [2.75, 3.05) is 0 Å². The largest absolute Gasteiger partial charge is 0.319 e. The van der Waals surface area contributed by atoms with Gasteiger partial charge in [0.15, 0.2) is 0 Å². The second kappa shape index (κ2) is 4.00. The highest BCUT2D eigenvalue weighted by molar-refractivity contribution is 6.30. The maximum absolute atomic E-state index is 6.02. The van der Waals surface area contributed by atoms with E-state index >= 15 is 0 Å². The van der Waals surface area contributed by atoms with Crippen LogP contribution in [0.15, 0.2) is 30.7 Å². The standard InChI is InChI=1S/C10H11ClN4/c1-15-6-7(4-14-15)10(12)9-3-2-8(11)5-13-9/h2-6,10H,12H2,1H3. The topological polar surface area (TPSA) is 56.7 Å². The Balaban J connectivity index is 2.28. The van der Waals surface area contributed by atoms with Gasteiger partial charge in [-0.05, 0) is 12.1 Å². The Bertz CT molecular complexity index is 449. The molecule has 0 aliphatic rings. The van der Waals surface area contributed by atoms with Gasteiger partial charge in [0.1, 0.15) is 0 Å². The van der Waals surface area contributed by atoms with Crippen LogP contribution >= 0.6 is 11.6 Å². The minimum absolute atomic E-state index is 0.254. The maximum atomic E-state index is 6.02. The van der Waals surface area contributed by atoms with Crippen LogP contribution in [0, 0.1) is 0 Å². The van der Waals surface area contributed by atoms with Crippen molar-refractivity contribution in [2.45, 2.75) is 6.04 Å². The average Bonchev–Trinajstić information content (AvgIpc) is 2.65. The number of nitrogens with zero attached hydrogens (tertiary/aromatic N) is 3. The molecule has 0 aliphatic heterocycles. The van der Waals surface area contributed by atoms with E-state index in [2.05, 4.69) is 10.1 Å². The predicted octanol–water partition coefficient (Wildman–Crippen LogP) is 1.52. The molecule has 2 heterocycles. The zero-order chi connectivity index (χ0) is 10.8. The molecule has 2 aromatic heterocycles. The lowest BCUT2D eigenvalue weighted by Gasteiger charge is -2.08. The van der Waals surface area contributed by atoms with Gasteiger partial charge in [-0.2, -0.15) is 5.10 Å². The normalized spacial score (nSPS) is 12.7. The van der Waals surface area contributed by atoms with Gasteiger partial charge in [-0.15, -0.1) is 0 Å². The zero-order valence-electron chi connectivity index (χ0n) is 8.26. The van der Waals surface area contributed by atoms with E-state index in [0.29, 0.717) is 5.02 Å². The van der Waals surface area contributed by atoms with Gasteiger partial charge in [-0.25, -0.2) is 0 Å². The van der Waals surface area contributed by atoms with Gasteiger partial charge in [-0.3, -0.25) is 9.67 Å². The lowest BCUT2D eigenvalue weighted by molar-refractivity contribution is 0.763. The fourth-order valence-electron chi connectivity index (χ4n) is 1.34. The number of halogens is 1. The van der Waals surface area contributed by atoms with Crippen LogP contribution in [0.1, 0.15) is 17.3 Å². The Morgan fingerprint density at radius 3 is 2.73 bits per heavy atom. The van der Waals surface area contributed by atoms with Crippen molar-refractivity contribution in [3.05, 3.63) is 47.0 Å². The van der Waals surface area contributed by atoms with Crippen molar-refractivity contribution in [3.63, 3.8) is 0 Å². The van der Waals surface area contributed by atoms with Crippen molar-refractivity contribution in [2.24, 2.45) is 12.8 Å². The molecule has 4 nitrogen and oxygen atoms in total. The van der Waals surface area contributed by atoms with E-state index < -0.39 is 0 Å². The zero-order valence-corrected chi connectivity index (χ0v) is 9.02. The second-order valence-electron chi connectivity index (χ2n) is 3.33. The van der Waals surface area contributed by atoms with Gasteiger partial charge in [0.05, 0.1) is 23.0 Å². The molecule has 5 heteroatoms. The highest BCUT2D eigenvalue weighted by Crippen LogP contribution is 2.17. The molecule has 0 saturated carbocycles. The van der Waals surface area contributed by atoms with Gasteiger partial charge in [0.2, 0.25) is 0 Å². The summed E-state index contributed by atoms with van der Waals surface area (Å²) in [6.45, 7) is 0. The molecule has 0 aromatic carbocycles. The molecule has 1 atom stereocenters. The van der Waals surface area contributed by atoms with Crippen molar-refractivity contribution < 1.29 is 0 Å². The molecule has 0 radical (unpaired) electrons. The van der Waals surface area contributed by atoms with Crippen molar-refractivity contribution in [1.82, 2.24) is 14.8 Å². The molecular formula is C10H11ClN4. The van der Waals surface area contributed by atoms with Crippen molar-refractivity contribution in [3.8, 4) is 0 Å². The minimum Gasteiger partial charge on any atom is -0.319 e. The van der Waals surface area contributed by atoms with E-state index in [-0.39, 0.29) is 6.04 Å². The SMILES string of the molecule is Cn1cc(C(N)c2ccc(Cl)cn2)cn1. The van der Waals surface area contributed by atoms with E-state index in [0.717, 1.165) is 11.3 Å². The molecule has 2 rings (SSSR count). The molecule has 1 unspecified atom stereocenters. The van der Waals surface area contributed by atoms with E-state index in [1.165, 1.54) is 0 Å². The number of hydrogen-bond acceptors (Lipinski definition) is 3. The number of aromatic nitrogens is 3. The highest BCUT2D eigenvalue weighted by atomic mass is 35.5. The molecule has 2 aromatic rings. The first-order chi connectivity index (χ1) is 7.16. The van der Waals surface area contributed by atoms with Crippen LogP contribution in [-0.4, -0.2) is 14.8 Å². The summed E-state index contributed by atoms with van der Waals surface area (Å²) in [6.07, 6.45) is 5.20. The number of rotatable bonds is 2. The molecule has 15 heavy (non-hydrogen) atoms. The summed E-state index contributed by atoms with van der Waals surface area (Å²) in [5, 5.41) is 4.67. The summed E-state index contributed by atoms with van der Waals surface area (Å²) < 4.78 is 1.71. The third kappa shape index (κ3) is 2.16. The Kier molecular flexibility index (Phi) is 2.70. The van der Waals surface area contributed by atoms with E-state index in [4.69, 9.17) is 17.3 Å². The van der Waals surface area contributed by atoms with Gasteiger partial charge in [-0.1, -0.05) is 11.6 Å². The fourth-order valence-corrected chi connectivity index (χ4v) is 1.45. The van der Waals surface area contributed by atoms with E-state index in [1.54, 1.807) is 23.1 Å². The molecule has 0 fully saturated rings. The Hall–Kier alpha value is -1.39. The summed E-state index contributed by atoms with van der Waals surface area (Å²) in [4.78, 5) is 4.17. The molecular weight excluding hydrogens is 212 g/mol. The molecule has 0 spiro atoms. The number of hydrogen-bond donors (Lipinski definition) is 1. The first-order valence-electron chi connectivity index (χ1n) is 4.52. The summed E-state index contributed by atoms with van der Waals surface area (Å²) in [5.74, 6) is 0. The molecule has 0 amide bonds. The van der Waals surface area contributed by atoms with Crippen LogP contribution in [0.2, 0.25) is 5.02 Å². The van der Waals surface area contributed by atoms with Gasteiger partial charge < -0.3 is 5.73 Å². The first-order valence-corrected chi connectivity index (χ1v) is 4.90. The van der Waals surface area contributed by atoms with E-state index in [9.17, 15) is 0 Å². The predicted molar refractivity (Wildman–Crippen MR) is 58.5 cm³/mol. The smallest absolute Gasteiger partial charge is 0.0757 e. The van der Waals surface area contributed by atoms with Crippen molar-refractivity contribution >= 4 is 11.6 Å². The average molecular weight is 223 g/mol. The summed E-state index contributed by atoms with van der Waals surface area (Å²) in [6, 6.07) is 3.34. The second-order valence-corrected chi connectivity index (χ2v) is 3.76. The maximum Gasteiger partial charge on any atom is 0.0757 e. The third-order valence-electron chi connectivity index (χ3n) is 2.15. The molecule has 0 aliphatic carbocycles. The van der Waals surface area contributed by atoms with Crippen LogP contribution in [0.25, 0.3) is 0 Å². The molecule has 0 bridgehead atoms. The van der Waals surface area contributed by atoms with Gasteiger partial charge in [0.25, 0.3) is 0 Å². The van der Waals surface area contributed by atoms with Crippen LogP contribution in [0.3, 0.4) is 0 Å². The molecule has 0 saturated heterocycles. The van der Waals surface area contributed by atoms with Crippen LogP contribution in [-0.2, 0) is 7.05 Å². The number of nitrogens with two attached hydrogens (primary N) is 1. The number of aryl methyl sites for hydroxylation is 1. The third-order valence-corrected chi connectivity index (χ3v) is 2.38. The Morgan fingerprint density at radius 1 is 1.40 bits per heavy atom.